The molecule has 3 nitrogen and oxygen atoms in total. The fourth-order valence-electron chi connectivity index (χ4n) is 3.71. The second kappa shape index (κ2) is 10.2. The lowest BCUT2D eigenvalue weighted by Gasteiger charge is -2.36. The van der Waals surface area contributed by atoms with Crippen molar-refractivity contribution in [3.05, 3.63) is 46.4 Å². The van der Waals surface area contributed by atoms with Gasteiger partial charge in [-0.25, -0.2) is 0 Å². The van der Waals surface area contributed by atoms with Crippen LogP contribution in [0.4, 0.5) is 0 Å². The number of carbonyl (C=O) groups excluding carboxylic acids is 1. The van der Waals surface area contributed by atoms with Gasteiger partial charge in [0.2, 0.25) is 0 Å². The Kier molecular flexibility index (Phi) is 8.30. The minimum atomic E-state index is -0.0311. The van der Waals surface area contributed by atoms with E-state index in [9.17, 15) is 4.79 Å². The molecule has 27 heavy (non-hydrogen) atoms. The number of rotatable bonds is 4. The third-order valence-corrected chi connectivity index (χ3v) is 5.81. The van der Waals surface area contributed by atoms with Crippen molar-refractivity contribution in [3.8, 4) is 0 Å². The Labute approximate surface area is 172 Å². The van der Waals surface area contributed by atoms with E-state index in [4.69, 9.17) is 4.74 Å². The van der Waals surface area contributed by atoms with Crippen molar-refractivity contribution in [1.29, 1.82) is 0 Å². The number of hydrogen-bond donors (Lipinski definition) is 0. The summed E-state index contributed by atoms with van der Waals surface area (Å²) in [5.41, 5.74) is 1.35. The molecule has 0 aromatic heterocycles. The van der Waals surface area contributed by atoms with Crippen molar-refractivity contribution in [2.75, 3.05) is 13.1 Å². The summed E-state index contributed by atoms with van der Waals surface area (Å²) < 4.78 is 6.51. The van der Waals surface area contributed by atoms with Crippen LogP contribution in [0.5, 0.6) is 0 Å². The van der Waals surface area contributed by atoms with Crippen molar-refractivity contribution < 1.29 is 9.53 Å². The molecule has 1 saturated heterocycles. The molecule has 1 fully saturated rings. The molecular formula is C23H32BrNO2. The van der Waals surface area contributed by atoms with E-state index in [-0.39, 0.29) is 18.0 Å². The third-order valence-electron chi connectivity index (χ3n) is 5.12. The highest BCUT2D eigenvalue weighted by Crippen LogP contribution is 2.33. The van der Waals surface area contributed by atoms with Gasteiger partial charge in [0.25, 0.3) is 0 Å². The van der Waals surface area contributed by atoms with E-state index in [2.05, 4.69) is 64.2 Å². The molecule has 1 aliphatic rings. The fraction of sp³-hybridized carbons (Fsp3) is 0.522. The summed E-state index contributed by atoms with van der Waals surface area (Å²) in [6, 6.07) is 13.2. The van der Waals surface area contributed by atoms with Crippen LogP contribution in [0.1, 0.15) is 59.1 Å². The molecule has 2 aromatic rings. The average molecular weight is 434 g/mol. The van der Waals surface area contributed by atoms with Crippen LogP contribution < -0.4 is 0 Å². The Morgan fingerprint density at radius 2 is 1.63 bits per heavy atom. The zero-order valence-corrected chi connectivity index (χ0v) is 18.8. The number of benzene rings is 2. The van der Waals surface area contributed by atoms with Gasteiger partial charge in [-0.3, -0.25) is 9.69 Å². The van der Waals surface area contributed by atoms with E-state index in [1.165, 1.54) is 16.3 Å². The molecular weight excluding hydrogens is 402 g/mol. The van der Waals surface area contributed by atoms with Gasteiger partial charge in [-0.2, -0.15) is 0 Å². The largest absolute Gasteiger partial charge is 0.463 e. The summed E-state index contributed by atoms with van der Waals surface area (Å²) in [6.45, 7) is 12.0. The molecule has 1 aliphatic heterocycles. The average Bonchev–Trinajstić information content (AvgIpc) is 2.68. The van der Waals surface area contributed by atoms with Crippen molar-refractivity contribution in [2.45, 2.75) is 59.6 Å². The van der Waals surface area contributed by atoms with Crippen LogP contribution in [0.2, 0.25) is 0 Å². The summed E-state index contributed by atoms with van der Waals surface area (Å²) in [6.07, 6.45) is 1.73. The first-order valence-corrected chi connectivity index (χ1v) is 10.9. The molecule has 0 amide bonds. The van der Waals surface area contributed by atoms with Gasteiger partial charge in [-0.15, -0.1) is 0 Å². The highest BCUT2D eigenvalue weighted by molar-refractivity contribution is 9.10. The number of likely N-dealkylation sites (tertiary alicyclic amines) is 1. The van der Waals surface area contributed by atoms with Crippen molar-refractivity contribution in [1.82, 2.24) is 4.90 Å². The Hall–Kier alpha value is -1.39. The minimum Gasteiger partial charge on any atom is -0.463 e. The summed E-state index contributed by atoms with van der Waals surface area (Å²) in [5, 5.41) is 2.55. The lowest BCUT2D eigenvalue weighted by molar-refractivity contribution is -0.154. The van der Waals surface area contributed by atoms with E-state index in [0.717, 1.165) is 30.4 Å². The number of fused-ring (bicyclic) bond motifs is 1. The highest BCUT2D eigenvalue weighted by atomic mass is 79.9. The predicted octanol–water partition coefficient (Wildman–Crippen LogP) is 6.35. The van der Waals surface area contributed by atoms with Gasteiger partial charge in [0, 0.05) is 10.5 Å². The third kappa shape index (κ3) is 5.32. The Morgan fingerprint density at radius 1 is 1.04 bits per heavy atom. The maximum atomic E-state index is 12.1. The molecule has 1 heterocycles. The molecule has 0 N–H and O–H groups in total. The zero-order chi connectivity index (χ0) is 20.0. The van der Waals surface area contributed by atoms with E-state index in [0.29, 0.717) is 6.04 Å². The van der Waals surface area contributed by atoms with Crippen molar-refractivity contribution in [2.24, 2.45) is 5.92 Å². The Balaban J connectivity index is 0.00000126. The van der Waals surface area contributed by atoms with Crippen LogP contribution in [0.15, 0.2) is 40.9 Å². The molecule has 1 unspecified atom stereocenters. The van der Waals surface area contributed by atoms with Crippen LogP contribution in [-0.4, -0.2) is 30.1 Å². The van der Waals surface area contributed by atoms with Gasteiger partial charge in [-0.05, 0) is 69.1 Å². The quantitative estimate of drug-likeness (QED) is 0.525. The first-order valence-electron chi connectivity index (χ1n) is 10.1. The minimum absolute atomic E-state index is 0.0291. The lowest BCUT2D eigenvalue weighted by Crippen LogP contribution is -2.38. The van der Waals surface area contributed by atoms with E-state index >= 15 is 0 Å². The highest BCUT2D eigenvalue weighted by Gasteiger charge is 2.29. The molecule has 0 radical (unpaired) electrons. The number of halogens is 1. The van der Waals surface area contributed by atoms with Crippen LogP contribution >= 0.6 is 15.9 Å². The summed E-state index contributed by atoms with van der Waals surface area (Å²) >= 11 is 3.65. The molecule has 0 saturated carbocycles. The molecule has 1 atom stereocenters. The second-order valence-corrected chi connectivity index (χ2v) is 8.01. The van der Waals surface area contributed by atoms with Crippen LogP contribution in [0, 0.1) is 5.92 Å². The van der Waals surface area contributed by atoms with E-state index < -0.39 is 0 Å². The van der Waals surface area contributed by atoms with Gasteiger partial charge >= 0.3 is 5.97 Å². The summed E-state index contributed by atoms with van der Waals surface area (Å²) in [4.78, 5) is 14.6. The number of piperidine rings is 1. The van der Waals surface area contributed by atoms with Gasteiger partial charge in [0.05, 0.1) is 12.0 Å². The fourth-order valence-corrected chi connectivity index (χ4v) is 4.21. The maximum Gasteiger partial charge on any atom is 0.309 e. The normalized spacial score (nSPS) is 16.7. The van der Waals surface area contributed by atoms with Gasteiger partial charge in [0.15, 0.2) is 0 Å². The molecule has 0 spiro atoms. The monoisotopic (exact) mass is 433 g/mol. The molecule has 3 rings (SSSR count). The molecule has 0 aliphatic carbocycles. The summed E-state index contributed by atoms with van der Waals surface area (Å²) in [5.74, 6) is 0.0175. The second-order valence-electron chi connectivity index (χ2n) is 7.15. The lowest BCUT2D eigenvalue weighted by atomic mass is 9.93. The van der Waals surface area contributed by atoms with Crippen molar-refractivity contribution in [3.63, 3.8) is 0 Å². The first kappa shape index (κ1) is 21.9. The molecule has 0 bridgehead atoms. The van der Waals surface area contributed by atoms with Crippen LogP contribution in [0.3, 0.4) is 0 Å². The standard InChI is InChI=1S/C21H26BrNO2.C2H6/c1-14(2)25-21(24)16-10-12-23(13-11-16)15(3)17-6-4-8-19-18(17)7-5-9-20(19)22;1-2/h4-9,14-16H,10-13H2,1-3H3;1-2H3. The van der Waals surface area contributed by atoms with Gasteiger partial charge in [-0.1, -0.05) is 60.1 Å². The first-order chi connectivity index (χ1) is 13.0. The van der Waals surface area contributed by atoms with Crippen LogP contribution in [-0.2, 0) is 9.53 Å². The molecule has 2 aromatic carbocycles. The number of hydrogen-bond acceptors (Lipinski definition) is 3. The predicted molar refractivity (Wildman–Crippen MR) is 117 cm³/mol. The van der Waals surface area contributed by atoms with Crippen molar-refractivity contribution >= 4 is 32.7 Å². The smallest absolute Gasteiger partial charge is 0.309 e. The number of carbonyl (C=O) groups is 1. The van der Waals surface area contributed by atoms with Crippen LogP contribution in [0.25, 0.3) is 10.8 Å². The molecule has 148 valence electrons. The number of ether oxygens (including phenoxy) is 1. The van der Waals surface area contributed by atoms with Gasteiger partial charge < -0.3 is 4.74 Å². The Morgan fingerprint density at radius 3 is 2.26 bits per heavy atom. The molecule has 4 heteroatoms. The SMILES string of the molecule is CC.CC(C)OC(=O)C1CCN(C(C)c2cccc3c(Br)cccc23)CC1. The maximum absolute atomic E-state index is 12.1. The number of nitrogens with zero attached hydrogens (tertiary/aromatic N) is 1. The summed E-state index contributed by atoms with van der Waals surface area (Å²) in [7, 11) is 0. The zero-order valence-electron chi connectivity index (χ0n) is 17.2. The Bertz CT molecular complexity index is 751. The van der Waals surface area contributed by atoms with E-state index in [1.54, 1.807) is 0 Å². The van der Waals surface area contributed by atoms with Gasteiger partial charge in [0.1, 0.15) is 0 Å². The van der Waals surface area contributed by atoms with E-state index in [1.807, 2.05) is 27.7 Å². The topological polar surface area (TPSA) is 29.5 Å². The number of esters is 1.